The van der Waals surface area contributed by atoms with E-state index >= 15 is 0 Å². The molecule has 0 aliphatic heterocycles. The van der Waals surface area contributed by atoms with E-state index < -0.39 is 0 Å². The average molecular weight is 136 g/mol. The quantitative estimate of drug-likeness (QED) is 0.568. The van der Waals surface area contributed by atoms with Crippen LogP contribution in [0.3, 0.4) is 0 Å². The molecule has 1 radical (unpaired) electrons. The Morgan fingerprint density at radius 2 is 2.56 bits per heavy atom. The van der Waals surface area contributed by atoms with E-state index in [0.29, 0.717) is 0 Å². The molecule has 45 valence electrons. The molecule has 9 heavy (non-hydrogen) atoms. The predicted octanol–water partition coefficient (Wildman–Crippen LogP) is 2.15. The minimum absolute atomic E-state index is 0.960. The standard InChI is InChI=1S/C7H6NS/c1-2-3-4-7-5-9-6-8-7/h1-6H. The molecule has 0 amide bonds. The third-order valence-electron chi connectivity index (χ3n) is 0.830. The first-order chi connectivity index (χ1) is 4.43. The van der Waals surface area contributed by atoms with Crippen molar-refractivity contribution in [2.75, 3.05) is 0 Å². The average Bonchev–Trinajstić information content (AvgIpc) is 2.34. The summed E-state index contributed by atoms with van der Waals surface area (Å²) in [5.41, 5.74) is 2.75. The van der Waals surface area contributed by atoms with E-state index in [9.17, 15) is 0 Å². The number of nitrogens with zero attached hydrogens (tertiary/aromatic N) is 1. The highest BCUT2D eigenvalue weighted by Gasteiger charge is 1.82. The van der Waals surface area contributed by atoms with E-state index in [0.717, 1.165) is 5.69 Å². The van der Waals surface area contributed by atoms with Gasteiger partial charge in [0, 0.05) is 5.38 Å². The second kappa shape index (κ2) is 3.20. The Kier molecular flexibility index (Phi) is 2.22. The van der Waals surface area contributed by atoms with Crippen molar-refractivity contribution in [2.24, 2.45) is 0 Å². The molecule has 0 saturated carbocycles. The van der Waals surface area contributed by atoms with Gasteiger partial charge in [0.05, 0.1) is 11.2 Å². The van der Waals surface area contributed by atoms with Gasteiger partial charge >= 0.3 is 0 Å². The third kappa shape index (κ3) is 1.82. The van der Waals surface area contributed by atoms with Crippen molar-refractivity contribution in [1.29, 1.82) is 0 Å². The largest absolute Gasteiger partial charge is 0.245 e. The van der Waals surface area contributed by atoms with Crippen molar-refractivity contribution in [2.45, 2.75) is 0 Å². The molecule has 2 heteroatoms. The van der Waals surface area contributed by atoms with Crippen molar-refractivity contribution in [3.63, 3.8) is 0 Å². The molecule has 1 nitrogen and oxygen atoms in total. The van der Waals surface area contributed by atoms with Crippen LogP contribution in [0.1, 0.15) is 5.69 Å². The van der Waals surface area contributed by atoms with Gasteiger partial charge < -0.3 is 0 Å². The maximum absolute atomic E-state index is 5.11. The molecule has 0 spiro atoms. The predicted molar refractivity (Wildman–Crippen MR) is 40.0 cm³/mol. The summed E-state index contributed by atoms with van der Waals surface area (Å²) >= 11 is 1.57. The lowest BCUT2D eigenvalue weighted by molar-refractivity contribution is 1.38. The fourth-order valence-corrected chi connectivity index (χ4v) is 0.981. The topological polar surface area (TPSA) is 12.9 Å². The van der Waals surface area contributed by atoms with E-state index in [2.05, 4.69) is 4.98 Å². The SMILES string of the molecule is [CH]=CC=Cc1cscn1. The highest BCUT2D eigenvalue weighted by atomic mass is 32.1. The molecular weight excluding hydrogens is 130 g/mol. The van der Waals surface area contributed by atoms with Crippen LogP contribution in [0.25, 0.3) is 6.08 Å². The smallest absolute Gasteiger partial charge is 0.0798 e. The molecule has 0 aliphatic carbocycles. The third-order valence-corrected chi connectivity index (χ3v) is 1.43. The van der Waals surface area contributed by atoms with Crippen LogP contribution in [-0.2, 0) is 0 Å². The van der Waals surface area contributed by atoms with E-state index in [1.165, 1.54) is 6.08 Å². The first kappa shape index (κ1) is 6.23. The molecule has 1 heterocycles. The molecule has 0 unspecified atom stereocenters. The maximum atomic E-state index is 5.11. The van der Waals surface area contributed by atoms with Crippen LogP contribution in [0.2, 0.25) is 0 Å². The van der Waals surface area contributed by atoms with Gasteiger partial charge in [0.25, 0.3) is 0 Å². The summed E-state index contributed by atoms with van der Waals surface area (Å²) in [5.74, 6) is 0. The second-order valence-electron chi connectivity index (χ2n) is 1.46. The Labute approximate surface area is 58.4 Å². The molecule has 0 N–H and O–H groups in total. The molecule has 1 rings (SSSR count). The second-order valence-corrected chi connectivity index (χ2v) is 2.18. The van der Waals surface area contributed by atoms with Crippen LogP contribution >= 0.6 is 11.3 Å². The van der Waals surface area contributed by atoms with Gasteiger partial charge in [-0.15, -0.1) is 11.3 Å². The Bertz CT molecular complexity index is 199. The van der Waals surface area contributed by atoms with Gasteiger partial charge in [-0.3, -0.25) is 0 Å². The van der Waals surface area contributed by atoms with E-state index in [4.69, 9.17) is 6.58 Å². The summed E-state index contributed by atoms with van der Waals surface area (Å²) < 4.78 is 0. The molecule has 0 bridgehead atoms. The Hall–Kier alpha value is -0.890. The fourth-order valence-electron chi connectivity index (χ4n) is 0.458. The van der Waals surface area contributed by atoms with Crippen LogP contribution in [0.4, 0.5) is 0 Å². The van der Waals surface area contributed by atoms with Crippen LogP contribution < -0.4 is 0 Å². The van der Waals surface area contributed by atoms with Crippen LogP contribution in [0.5, 0.6) is 0 Å². The molecule has 0 aliphatic rings. The number of allylic oxidation sites excluding steroid dienone is 2. The van der Waals surface area contributed by atoms with Gasteiger partial charge in [-0.25, -0.2) is 4.98 Å². The molecule has 0 atom stereocenters. The first-order valence-corrected chi connectivity index (χ1v) is 3.47. The maximum Gasteiger partial charge on any atom is 0.0798 e. The summed E-state index contributed by atoms with van der Waals surface area (Å²) in [6.45, 7) is 5.11. The zero-order valence-corrected chi connectivity index (χ0v) is 5.64. The summed E-state index contributed by atoms with van der Waals surface area (Å²) in [4.78, 5) is 4.01. The first-order valence-electron chi connectivity index (χ1n) is 2.53. The molecule has 0 saturated heterocycles. The lowest BCUT2D eigenvalue weighted by atomic mass is 10.4. The van der Waals surface area contributed by atoms with Crippen LogP contribution in [-0.4, -0.2) is 4.98 Å². The summed E-state index contributed by atoms with van der Waals surface area (Å²) in [6.07, 6.45) is 5.10. The fraction of sp³-hybridized carbons (Fsp3) is 0. The van der Waals surface area contributed by atoms with Crippen molar-refractivity contribution >= 4 is 17.4 Å². The number of hydrogen-bond donors (Lipinski definition) is 0. The highest BCUT2D eigenvalue weighted by Crippen LogP contribution is 2.01. The van der Waals surface area contributed by atoms with Crippen molar-refractivity contribution in [1.82, 2.24) is 4.98 Å². The van der Waals surface area contributed by atoms with Gasteiger partial charge in [-0.05, 0) is 6.08 Å². The van der Waals surface area contributed by atoms with Gasteiger partial charge in [0.2, 0.25) is 0 Å². The molecule has 0 fully saturated rings. The molecular formula is C7H6NS. The molecule has 0 aromatic carbocycles. The number of aromatic nitrogens is 1. The van der Waals surface area contributed by atoms with Crippen molar-refractivity contribution in [3.05, 3.63) is 35.3 Å². The van der Waals surface area contributed by atoms with Crippen molar-refractivity contribution < 1.29 is 0 Å². The summed E-state index contributed by atoms with van der Waals surface area (Å²) in [7, 11) is 0. The monoisotopic (exact) mass is 136 g/mol. The van der Waals surface area contributed by atoms with Gasteiger partial charge in [0.1, 0.15) is 0 Å². The normalized spacial score (nSPS) is 10.2. The Morgan fingerprint density at radius 3 is 3.11 bits per heavy atom. The number of rotatable bonds is 2. The van der Waals surface area contributed by atoms with E-state index in [1.807, 2.05) is 11.5 Å². The van der Waals surface area contributed by atoms with Gasteiger partial charge in [-0.1, -0.05) is 18.7 Å². The van der Waals surface area contributed by atoms with Crippen LogP contribution in [0.15, 0.2) is 23.0 Å². The minimum atomic E-state index is 0.960. The van der Waals surface area contributed by atoms with Gasteiger partial charge in [-0.2, -0.15) is 0 Å². The minimum Gasteiger partial charge on any atom is -0.245 e. The van der Waals surface area contributed by atoms with E-state index in [1.54, 1.807) is 22.9 Å². The summed E-state index contributed by atoms with van der Waals surface area (Å²) in [5, 5.41) is 1.96. The lowest BCUT2D eigenvalue weighted by Crippen LogP contribution is -1.63. The Morgan fingerprint density at radius 1 is 1.67 bits per heavy atom. The highest BCUT2D eigenvalue weighted by molar-refractivity contribution is 7.07. The summed E-state index contributed by atoms with van der Waals surface area (Å²) in [6, 6.07) is 0. The van der Waals surface area contributed by atoms with Crippen molar-refractivity contribution in [3.8, 4) is 0 Å². The van der Waals surface area contributed by atoms with E-state index in [-0.39, 0.29) is 0 Å². The zero-order chi connectivity index (χ0) is 6.53. The van der Waals surface area contributed by atoms with Crippen LogP contribution in [0, 0.1) is 6.58 Å². The number of hydrogen-bond acceptors (Lipinski definition) is 2. The molecule has 1 aromatic rings. The number of thiazole rings is 1. The molecule has 1 aromatic heterocycles. The Balaban J connectivity index is 2.67. The lowest BCUT2D eigenvalue weighted by Gasteiger charge is -1.75. The zero-order valence-electron chi connectivity index (χ0n) is 4.82. The van der Waals surface area contributed by atoms with Gasteiger partial charge in [0.15, 0.2) is 0 Å².